The number of halogens is 1. The molecule has 36 heavy (non-hydrogen) atoms. The summed E-state index contributed by atoms with van der Waals surface area (Å²) in [6.45, 7) is 0. The Morgan fingerprint density at radius 1 is 0.833 bits per heavy atom. The Balaban J connectivity index is 1.49. The second-order valence-corrected chi connectivity index (χ2v) is 9.04. The van der Waals surface area contributed by atoms with Crippen LogP contribution in [0.25, 0.3) is 10.8 Å². The van der Waals surface area contributed by atoms with E-state index in [-0.39, 0.29) is 16.4 Å². The molecular formula is C27H18ClN3O5. The predicted molar refractivity (Wildman–Crippen MR) is 135 cm³/mol. The molecule has 0 aliphatic carbocycles. The fourth-order valence-corrected chi connectivity index (χ4v) is 5.26. The average molecular weight is 500 g/mol. The van der Waals surface area contributed by atoms with Crippen molar-refractivity contribution in [1.82, 2.24) is 0 Å². The summed E-state index contributed by atoms with van der Waals surface area (Å²) in [5.74, 6) is -1.93. The number of anilines is 2. The molecule has 0 spiro atoms. The maximum Gasteiger partial charge on any atom is 0.289 e. The smallest absolute Gasteiger partial charge is 0.273 e. The van der Waals surface area contributed by atoms with Crippen LogP contribution in [0.2, 0.25) is 5.02 Å². The maximum atomic E-state index is 13.9. The van der Waals surface area contributed by atoms with Crippen molar-refractivity contribution in [2.24, 2.45) is 5.92 Å². The lowest BCUT2D eigenvalue weighted by molar-refractivity contribution is -0.384. The van der Waals surface area contributed by atoms with Crippen LogP contribution in [0, 0.1) is 16.0 Å². The average Bonchev–Trinajstić information content (AvgIpc) is 3.40. The van der Waals surface area contributed by atoms with Gasteiger partial charge in [-0.2, -0.15) is 0 Å². The maximum absolute atomic E-state index is 13.9. The summed E-state index contributed by atoms with van der Waals surface area (Å²) in [7, 11) is 0. The molecule has 0 N–H and O–H groups in total. The first kappa shape index (κ1) is 22.2. The molecule has 2 saturated heterocycles. The van der Waals surface area contributed by atoms with Crippen LogP contribution >= 0.6 is 11.6 Å². The van der Waals surface area contributed by atoms with Crippen molar-refractivity contribution < 1.29 is 19.3 Å². The number of rotatable bonds is 4. The van der Waals surface area contributed by atoms with Gasteiger partial charge in [-0.3, -0.25) is 24.5 Å². The number of nitro benzene ring substituents is 1. The number of fused-ring (bicyclic) bond motifs is 2. The van der Waals surface area contributed by atoms with E-state index in [1.165, 1.54) is 12.1 Å². The number of benzene rings is 4. The Kier molecular flexibility index (Phi) is 5.21. The molecule has 9 heteroatoms. The molecule has 2 amide bonds. The van der Waals surface area contributed by atoms with Gasteiger partial charge in [-0.05, 0) is 40.6 Å². The number of carbonyl (C=O) groups is 2. The molecule has 0 unspecified atom stereocenters. The monoisotopic (exact) mass is 499 g/mol. The topological polar surface area (TPSA) is 93.0 Å². The van der Waals surface area contributed by atoms with Gasteiger partial charge in [-0.15, -0.1) is 0 Å². The molecule has 4 aromatic carbocycles. The van der Waals surface area contributed by atoms with E-state index in [9.17, 15) is 19.7 Å². The Morgan fingerprint density at radius 2 is 1.56 bits per heavy atom. The lowest BCUT2D eigenvalue weighted by Crippen LogP contribution is -2.37. The Hall–Kier alpha value is -4.27. The minimum Gasteiger partial charge on any atom is -0.273 e. The van der Waals surface area contributed by atoms with Crippen LogP contribution in [0.1, 0.15) is 11.6 Å². The number of nitrogens with zero attached hydrogens (tertiary/aromatic N) is 3. The number of nitro groups is 1. The van der Waals surface area contributed by atoms with E-state index >= 15 is 0 Å². The Morgan fingerprint density at radius 3 is 2.33 bits per heavy atom. The molecule has 2 heterocycles. The molecule has 2 aliphatic rings. The number of para-hydroxylation sites is 1. The third kappa shape index (κ3) is 3.34. The molecule has 3 atom stereocenters. The van der Waals surface area contributed by atoms with Gasteiger partial charge in [-0.1, -0.05) is 72.3 Å². The Labute approximate surface area is 210 Å². The minimum atomic E-state index is -1.09. The third-order valence-electron chi connectivity index (χ3n) is 6.65. The first-order valence-electron chi connectivity index (χ1n) is 11.3. The van der Waals surface area contributed by atoms with Crippen LogP contribution in [0.15, 0.2) is 91.0 Å². The van der Waals surface area contributed by atoms with Gasteiger partial charge in [-0.25, -0.2) is 9.96 Å². The van der Waals surface area contributed by atoms with Crippen LogP contribution in [0.3, 0.4) is 0 Å². The lowest BCUT2D eigenvalue weighted by atomic mass is 9.87. The molecule has 8 nitrogen and oxygen atoms in total. The molecule has 2 fully saturated rings. The largest absolute Gasteiger partial charge is 0.289 e. The highest BCUT2D eigenvalue weighted by Crippen LogP contribution is 2.49. The van der Waals surface area contributed by atoms with Crippen molar-refractivity contribution in [2.75, 3.05) is 9.96 Å². The first-order valence-corrected chi connectivity index (χ1v) is 11.6. The number of hydrogen-bond donors (Lipinski definition) is 0. The number of hydroxylamine groups is 1. The summed E-state index contributed by atoms with van der Waals surface area (Å²) in [6, 6.07) is 26.2. The molecule has 4 aromatic rings. The van der Waals surface area contributed by atoms with Crippen LogP contribution < -0.4 is 9.96 Å². The summed E-state index contributed by atoms with van der Waals surface area (Å²) in [6.07, 6.45) is -1.09. The van der Waals surface area contributed by atoms with Gasteiger partial charge in [0.25, 0.3) is 11.6 Å². The SMILES string of the molecule is O=C1[C@H]2[C@@H](c3cccc4ccccc34)N(c3ccccc3)O[C@H]2C(=O)N1c1ccc(Cl)c([N+](=O)[O-])c1. The van der Waals surface area contributed by atoms with E-state index in [4.69, 9.17) is 16.4 Å². The highest BCUT2D eigenvalue weighted by Gasteiger charge is 2.60. The molecular weight excluding hydrogens is 482 g/mol. The van der Waals surface area contributed by atoms with E-state index in [0.717, 1.165) is 27.3 Å². The van der Waals surface area contributed by atoms with E-state index in [1.807, 2.05) is 72.8 Å². The Bertz CT molecular complexity index is 1540. The van der Waals surface area contributed by atoms with E-state index in [0.29, 0.717) is 5.69 Å². The summed E-state index contributed by atoms with van der Waals surface area (Å²) < 4.78 is 0. The van der Waals surface area contributed by atoms with Gasteiger partial charge < -0.3 is 0 Å². The zero-order valence-corrected chi connectivity index (χ0v) is 19.4. The summed E-state index contributed by atoms with van der Waals surface area (Å²) in [5, 5.41) is 14.9. The zero-order chi connectivity index (χ0) is 25.0. The van der Waals surface area contributed by atoms with Crippen LogP contribution in [0.4, 0.5) is 17.1 Å². The van der Waals surface area contributed by atoms with Crippen molar-refractivity contribution in [3.05, 3.63) is 112 Å². The normalized spacial score (nSPS) is 21.3. The first-order chi connectivity index (χ1) is 17.5. The number of imide groups is 1. The molecule has 2 aliphatic heterocycles. The van der Waals surface area contributed by atoms with Crippen LogP contribution in [-0.2, 0) is 14.4 Å². The number of amides is 2. The highest BCUT2D eigenvalue weighted by atomic mass is 35.5. The summed E-state index contributed by atoms with van der Waals surface area (Å²) >= 11 is 5.95. The zero-order valence-electron chi connectivity index (χ0n) is 18.7. The van der Waals surface area contributed by atoms with Gasteiger partial charge >= 0.3 is 0 Å². The van der Waals surface area contributed by atoms with Crippen molar-refractivity contribution >= 4 is 51.2 Å². The standard InChI is InChI=1S/C27H18ClN3O5/c28-21-14-13-18(15-22(21)31(34)35)29-26(32)23-24(20-12-6-8-16-7-4-5-11-19(16)20)30(36-25(23)27(29)33)17-9-2-1-3-10-17/h1-15,23-25H/t23-,24+,25+/m0/s1. The van der Waals surface area contributed by atoms with Gasteiger partial charge in [0.1, 0.15) is 10.9 Å². The van der Waals surface area contributed by atoms with Gasteiger partial charge in [0, 0.05) is 6.07 Å². The van der Waals surface area contributed by atoms with Gasteiger partial charge in [0.15, 0.2) is 6.10 Å². The summed E-state index contributed by atoms with van der Waals surface area (Å²) in [4.78, 5) is 45.3. The van der Waals surface area contributed by atoms with Crippen molar-refractivity contribution in [3.8, 4) is 0 Å². The van der Waals surface area contributed by atoms with Crippen molar-refractivity contribution in [1.29, 1.82) is 0 Å². The lowest BCUT2D eigenvalue weighted by Gasteiger charge is -2.29. The molecule has 0 radical (unpaired) electrons. The van der Waals surface area contributed by atoms with Gasteiger partial charge in [0.05, 0.1) is 22.3 Å². The molecule has 6 rings (SSSR count). The highest BCUT2D eigenvalue weighted by molar-refractivity contribution is 6.33. The van der Waals surface area contributed by atoms with Gasteiger partial charge in [0.2, 0.25) is 5.91 Å². The molecule has 0 bridgehead atoms. The molecule has 0 saturated carbocycles. The molecule has 0 aromatic heterocycles. The van der Waals surface area contributed by atoms with E-state index in [1.54, 1.807) is 5.06 Å². The second-order valence-electron chi connectivity index (χ2n) is 8.63. The predicted octanol–water partition coefficient (Wildman–Crippen LogP) is 5.45. The van der Waals surface area contributed by atoms with Crippen LogP contribution in [0.5, 0.6) is 0 Å². The summed E-state index contributed by atoms with van der Waals surface area (Å²) in [5.41, 5.74) is 1.25. The van der Waals surface area contributed by atoms with E-state index in [2.05, 4.69) is 0 Å². The quantitative estimate of drug-likeness (QED) is 0.210. The minimum absolute atomic E-state index is 0.0804. The number of hydrogen-bond acceptors (Lipinski definition) is 6. The van der Waals surface area contributed by atoms with Crippen molar-refractivity contribution in [2.45, 2.75) is 12.1 Å². The van der Waals surface area contributed by atoms with E-state index < -0.39 is 34.8 Å². The van der Waals surface area contributed by atoms with Crippen LogP contribution in [-0.4, -0.2) is 22.8 Å². The molecule has 178 valence electrons. The number of carbonyl (C=O) groups excluding carboxylic acids is 2. The van der Waals surface area contributed by atoms with Crippen molar-refractivity contribution in [3.63, 3.8) is 0 Å². The third-order valence-corrected chi connectivity index (χ3v) is 6.97. The second kappa shape index (κ2) is 8.44. The fourth-order valence-electron chi connectivity index (χ4n) is 5.07. The fraction of sp³-hybridized carbons (Fsp3) is 0.111.